The zero-order valence-corrected chi connectivity index (χ0v) is 7.92. The van der Waals surface area contributed by atoms with Crippen LogP contribution < -0.4 is 5.73 Å². The van der Waals surface area contributed by atoms with Crippen molar-refractivity contribution in [2.75, 3.05) is 5.73 Å². The number of hydrogen-bond donors (Lipinski definition) is 1. The first-order valence-electron chi connectivity index (χ1n) is 4.34. The second-order valence-corrected chi connectivity index (χ2v) is 3.39. The quantitative estimate of drug-likeness (QED) is 0.753. The van der Waals surface area contributed by atoms with E-state index in [0.717, 1.165) is 18.5 Å². The molecule has 3 heteroatoms. The van der Waals surface area contributed by atoms with Crippen LogP contribution in [-0.2, 0) is 5.41 Å². The third-order valence-corrected chi connectivity index (χ3v) is 2.73. The van der Waals surface area contributed by atoms with Crippen LogP contribution in [0, 0.1) is 0 Å². The molecule has 0 aliphatic rings. The Balaban J connectivity index is 3.02. The summed E-state index contributed by atoms with van der Waals surface area (Å²) in [5.74, 6) is 0. The summed E-state index contributed by atoms with van der Waals surface area (Å²) < 4.78 is 4.82. The molecule has 1 heterocycles. The summed E-state index contributed by atoms with van der Waals surface area (Å²) in [7, 11) is 0. The van der Waals surface area contributed by atoms with Crippen LogP contribution in [0.15, 0.2) is 10.8 Å². The van der Waals surface area contributed by atoms with E-state index in [0.29, 0.717) is 5.69 Å². The van der Waals surface area contributed by atoms with Gasteiger partial charge in [-0.1, -0.05) is 25.9 Å². The van der Waals surface area contributed by atoms with Crippen LogP contribution in [0.3, 0.4) is 0 Å². The van der Waals surface area contributed by atoms with Crippen LogP contribution in [0.4, 0.5) is 5.69 Å². The Morgan fingerprint density at radius 2 is 2.08 bits per heavy atom. The van der Waals surface area contributed by atoms with Gasteiger partial charge in [0, 0.05) is 5.41 Å². The average molecular weight is 168 g/mol. The fraction of sp³-hybridized carbons (Fsp3) is 0.667. The standard InChI is InChI=1S/C9H16N2O/c1-4-9(3,5-2)8-7(10)6-12-11-8/h6H,4-5,10H2,1-3H3. The lowest BCUT2D eigenvalue weighted by Crippen LogP contribution is -2.21. The van der Waals surface area contributed by atoms with E-state index in [1.54, 1.807) is 0 Å². The van der Waals surface area contributed by atoms with E-state index in [-0.39, 0.29) is 5.41 Å². The van der Waals surface area contributed by atoms with Gasteiger partial charge in [0.15, 0.2) is 0 Å². The van der Waals surface area contributed by atoms with Crippen molar-refractivity contribution >= 4 is 5.69 Å². The molecule has 0 aliphatic heterocycles. The zero-order valence-electron chi connectivity index (χ0n) is 7.92. The van der Waals surface area contributed by atoms with Crippen molar-refractivity contribution in [3.05, 3.63) is 12.0 Å². The maximum atomic E-state index is 5.72. The van der Waals surface area contributed by atoms with E-state index in [1.165, 1.54) is 6.26 Å². The monoisotopic (exact) mass is 168 g/mol. The minimum absolute atomic E-state index is 0.0666. The fourth-order valence-electron chi connectivity index (χ4n) is 1.29. The maximum Gasteiger partial charge on any atom is 0.147 e. The van der Waals surface area contributed by atoms with E-state index in [4.69, 9.17) is 10.3 Å². The summed E-state index contributed by atoms with van der Waals surface area (Å²) >= 11 is 0. The highest BCUT2D eigenvalue weighted by molar-refractivity contribution is 5.43. The fourth-order valence-corrected chi connectivity index (χ4v) is 1.29. The Hall–Kier alpha value is -0.990. The predicted molar refractivity (Wildman–Crippen MR) is 48.8 cm³/mol. The Morgan fingerprint density at radius 1 is 1.50 bits per heavy atom. The number of anilines is 1. The lowest BCUT2D eigenvalue weighted by molar-refractivity contribution is 0.361. The van der Waals surface area contributed by atoms with Crippen LogP contribution in [0.2, 0.25) is 0 Å². The van der Waals surface area contributed by atoms with Gasteiger partial charge in [-0.3, -0.25) is 0 Å². The molecule has 0 bridgehead atoms. The van der Waals surface area contributed by atoms with Crippen LogP contribution in [0.25, 0.3) is 0 Å². The normalized spacial score (nSPS) is 11.9. The first kappa shape index (κ1) is 9.10. The molecule has 0 amide bonds. The zero-order chi connectivity index (χ0) is 9.19. The number of nitrogens with zero attached hydrogens (tertiary/aromatic N) is 1. The minimum Gasteiger partial charge on any atom is -0.395 e. The third kappa shape index (κ3) is 1.31. The summed E-state index contributed by atoms with van der Waals surface area (Å²) in [6.07, 6.45) is 3.55. The van der Waals surface area contributed by atoms with Gasteiger partial charge >= 0.3 is 0 Å². The smallest absolute Gasteiger partial charge is 0.147 e. The molecule has 0 atom stereocenters. The molecular formula is C9H16N2O. The van der Waals surface area contributed by atoms with E-state index < -0.39 is 0 Å². The number of nitrogen functional groups attached to an aromatic ring is 1. The molecule has 3 nitrogen and oxygen atoms in total. The predicted octanol–water partition coefficient (Wildman–Crippen LogP) is 2.33. The summed E-state index contributed by atoms with van der Waals surface area (Å²) in [5, 5.41) is 3.93. The van der Waals surface area contributed by atoms with Gasteiger partial charge < -0.3 is 10.3 Å². The molecule has 0 saturated carbocycles. The molecule has 12 heavy (non-hydrogen) atoms. The second-order valence-electron chi connectivity index (χ2n) is 3.39. The van der Waals surface area contributed by atoms with Crippen molar-refractivity contribution in [1.82, 2.24) is 5.16 Å². The Bertz CT molecular complexity index is 251. The highest BCUT2D eigenvalue weighted by Crippen LogP contribution is 2.33. The molecule has 0 radical (unpaired) electrons. The van der Waals surface area contributed by atoms with Crippen molar-refractivity contribution in [2.24, 2.45) is 0 Å². The third-order valence-electron chi connectivity index (χ3n) is 2.73. The van der Waals surface area contributed by atoms with E-state index in [2.05, 4.69) is 25.9 Å². The van der Waals surface area contributed by atoms with Gasteiger partial charge in [0.05, 0.1) is 5.69 Å². The molecule has 68 valence electrons. The molecule has 0 spiro atoms. The van der Waals surface area contributed by atoms with E-state index in [9.17, 15) is 0 Å². The van der Waals surface area contributed by atoms with Gasteiger partial charge in [0.1, 0.15) is 12.0 Å². The largest absolute Gasteiger partial charge is 0.395 e. The van der Waals surface area contributed by atoms with Crippen molar-refractivity contribution in [3.63, 3.8) is 0 Å². The SMILES string of the molecule is CCC(C)(CC)c1nocc1N. The highest BCUT2D eigenvalue weighted by atomic mass is 16.5. The van der Waals surface area contributed by atoms with Gasteiger partial charge in [-0.25, -0.2) is 0 Å². The highest BCUT2D eigenvalue weighted by Gasteiger charge is 2.27. The second kappa shape index (κ2) is 3.17. The summed E-state index contributed by atoms with van der Waals surface area (Å²) in [4.78, 5) is 0. The van der Waals surface area contributed by atoms with Gasteiger partial charge in [0.25, 0.3) is 0 Å². The lowest BCUT2D eigenvalue weighted by Gasteiger charge is -2.23. The van der Waals surface area contributed by atoms with Gasteiger partial charge in [0.2, 0.25) is 0 Å². The summed E-state index contributed by atoms with van der Waals surface area (Å²) in [6, 6.07) is 0. The van der Waals surface area contributed by atoms with Gasteiger partial charge in [-0.15, -0.1) is 0 Å². The molecular weight excluding hydrogens is 152 g/mol. The first-order valence-corrected chi connectivity index (χ1v) is 4.34. The van der Waals surface area contributed by atoms with Crippen molar-refractivity contribution in [3.8, 4) is 0 Å². The topological polar surface area (TPSA) is 52.0 Å². The van der Waals surface area contributed by atoms with Crippen LogP contribution >= 0.6 is 0 Å². The van der Waals surface area contributed by atoms with Crippen molar-refractivity contribution < 1.29 is 4.52 Å². The number of rotatable bonds is 3. The molecule has 2 N–H and O–H groups in total. The van der Waals surface area contributed by atoms with E-state index in [1.807, 2.05) is 0 Å². The number of hydrogen-bond acceptors (Lipinski definition) is 3. The Labute approximate surface area is 72.9 Å². The molecule has 1 rings (SSSR count). The van der Waals surface area contributed by atoms with Crippen LogP contribution in [0.5, 0.6) is 0 Å². The van der Waals surface area contributed by atoms with Crippen LogP contribution in [-0.4, -0.2) is 5.16 Å². The summed E-state index contributed by atoms with van der Waals surface area (Å²) in [6.45, 7) is 6.43. The molecule has 0 aliphatic carbocycles. The van der Waals surface area contributed by atoms with Crippen LogP contribution in [0.1, 0.15) is 39.3 Å². The Morgan fingerprint density at radius 3 is 2.42 bits per heavy atom. The van der Waals surface area contributed by atoms with Crippen molar-refractivity contribution in [2.45, 2.75) is 39.0 Å². The number of nitrogens with two attached hydrogens (primary N) is 1. The molecule has 0 fully saturated rings. The molecule has 0 saturated heterocycles. The molecule has 0 aromatic carbocycles. The molecule has 0 unspecified atom stereocenters. The number of aromatic nitrogens is 1. The molecule has 1 aromatic heterocycles. The van der Waals surface area contributed by atoms with Gasteiger partial charge in [-0.05, 0) is 12.8 Å². The summed E-state index contributed by atoms with van der Waals surface area (Å²) in [5.41, 5.74) is 7.35. The average Bonchev–Trinajstić information content (AvgIpc) is 2.51. The first-order chi connectivity index (χ1) is 5.64. The Kier molecular flexibility index (Phi) is 2.40. The van der Waals surface area contributed by atoms with E-state index >= 15 is 0 Å². The lowest BCUT2D eigenvalue weighted by atomic mass is 9.81. The van der Waals surface area contributed by atoms with Gasteiger partial charge in [-0.2, -0.15) is 0 Å². The van der Waals surface area contributed by atoms with Crippen molar-refractivity contribution in [1.29, 1.82) is 0 Å². The maximum absolute atomic E-state index is 5.72. The molecule has 1 aromatic rings. The minimum atomic E-state index is 0.0666.